The second-order valence-electron chi connectivity index (χ2n) is 3.00. The van der Waals surface area contributed by atoms with Crippen LogP contribution in [0.3, 0.4) is 0 Å². The van der Waals surface area contributed by atoms with Gasteiger partial charge in [0.15, 0.2) is 0 Å². The van der Waals surface area contributed by atoms with Crippen molar-refractivity contribution < 1.29 is 0 Å². The minimum Gasteiger partial charge on any atom is -0.355 e. The monoisotopic (exact) mass is 116 g/mol. The zero-order chi connectivity index (χ0) is 5.91. The Hall–Kier alpha value is 0.492. The molecule has 0 unspecified atom stereocenters. The van der Waals surface area contributed by atoms with Gasteiger partial charge in [-0.25, -0.2) is 5.79 Å². The number of nitrogens with one attached hydrogen (secondary N) is 1. The van der Waals surface area contributed by atoms with E-state index in [0.717, 1.165) is 0 Å². The molecular formula is C5H15AlN-. The van der Waals surface area contributed by atoms with E-state index in [9.17, 15) is 0 Å². The SMILES string of the molecule is CN[C](C)(C)[AlH2-][CH3]. The van der Waals surface area contributed by atoms with Gasteiger partial charge in [0.1, 0.15) is 15.2 Å². The maximum Gasteiger partial charge on any atom is 0.111 e. The molecule has 0 aliphatic heterocycles. The van der Waals surface area contributed by atoms with E-state index in [4.69, 9.17) is 0 Å². The predicted molar refractivity (Wildman–Crippen MR) is 37.5 cm³/mol. The first-order chi connectivity index (χ1) is 3.12. The average molecular weight is 116 g/mol. The van der Waals surface area contributed by atoms with Crippen molar-refractivity contribution in [1.29, 1.82) is 0 Å². The molecule has 0 heterocycles. The van der Waals surface area contributed by atoms with Gasteiger partial charge in [-0.15, -0.1) is 4.40 Å². The molecule has 0 atom stereocenters. The molecule has 1 N–H and O–H groups in total. The lowest BCUT2D eigenvalue weighted by Crippen LogP contribution is -2.40. The van der Waals surface area contributed by atoms with Crippen LogP contribution in [0.4, 0.5) is 0 Å². The summed E-state index contributed by atoms with van der Waals surface area (Å²) in [6, 6.07) is 0. The lowest BCUT2D eigenvalue weighted by molar-refractivity contribution is 0.587. The van der Waals surface area contributed by atoms with Gasteiger partial charge in [0.05, 0.1) is 0 Å². The molecule has 0 fully saturated rings. The van der Waals surface area contributed by atoms with Gasteiger partial charge in [0.2, 0.25) is 0 Å². The van der Waals surface area contributed by atoms with Crippen LogP contribution in [0, 0.1) is 0 Å². The lowest BCUT2D eigenvalue weighted by Gasteiger charge is -2.26. The van der Waals surface area contributed by atoms with E-state index in [2.05, 4.69) is 24.9 Å². The van der Waals surface area contributed by atoms with Crippen molar-refractivity contribution in [3.63, 3.8) is 0 Å². The van der Waals surface area contributed by atoms with Crippen LogP contribution in [-0.4, -0.2) is 26.7 Å². The molecule has 0 radical (unpaired) electrons. The highest BCUT2D eigenvalue weighted by Crippen LogP contribution is 1.94. The van der Waals surface area contributed by atoms with Crippen LogP contribution < -0.4 is 5.32 Å². The fourth-order valence-electron chi connectivity index (χ4n) is 0.250. The van der Waals surface area contributed by atoms with Crippen LogP contribution in [0.25, 0.3) is 0 Å². The molecule has 0 aromatic heterocycles. The predicted octanol–water partition coefficient (Wildman–Crippen LogP) is 0.159. The molecule has 1 nitrogen and oxygen atoms in total. The summed E-state index contributed by atoms with van der Waals surface area (Å²) in [7, 11) is 2.04. The molecule has 0 aromatic carbocycles. The first-order valence-electron chi connectivity index (χ1n) is 3.25. The fraction of sp³-hybridized carbons (Fsp3) is 1.00. The standard InChI is InChI=1S/C4H10N.CH3.Al.2H/c1-4(2)5-3;;;;/h5H,1-3H3;1H3;;;/q;;-1;;. The summed E-state index contributed by atoms with van der Waals surface area (Å²) in [5, 5.41) is 3.28. The first kappa shape index (κ1) is 7.49. The van der Waals surface area contributed by atoms with Crippen LogP contribution in [0.1, 0.15) is 13.8 Å². The Labute approximate surface area is 52.2 Å². The smallest absolute Gasteiger partial charge is 0.111 e. The van der Waals surface area contributed by atoms with E-state index in [1.165, 1.54) is 0 Å². The minimum absolute atomic E-state index is 0.291. The van der Waals surface area contributed by atoms with Gasteiger partial charge < -0.3 is 5.32 Å². The third-order valence-electron chi connectivity index (χ3n) is 2.00. The highest BCUT2D eigenvalue weighted by atomic mass is 27.1. The summed E-state index contributed by atoms with van der Waals surface area (Å²) in [5.74, 6) is 2.37. The fourth-order valence-corrected chi connectivity index (χ4v) is 0.750. The Morgan fingerprint density at radius 3 is 1.86 bits per heavy atom. The van der Waals surface area contributed by atoms with E-state index >= 15 is 0 Å². The number of hydrogen-bond acceptors (Lipinski definition) is 1. The lowest BCUT2D eigenvalue weighted by atomic mass is 10.4. The van der Waals surface area contributed by atoms with Crippen molar-refractivity contribution in [1.82, 2.24) is 5.32 Å². The molecule has 2 heteroatoms. The van der Waals surface area contributed by atoms with Crippen LogP contribution >= 0.6 is 0 Å². The number of rotatable bonds is 2. The maximum absolute atomic E-state index is 3.28. The van der Waals surface area contributed by atoms with Crippen molar-refractivity contribution in [2.75, 3.05) is 7.05 Å². The Morgan fingerprint density at radius 1 is 1.43 bits per heavy atom. The van der Waals surface area contributed by atoms with Gasteiger partial charge in [0, 0.05) is 0 Å². The Kier molecular flexibility index (Phi) is 2.91. The zero-order valence-corrected chi connectivity index (χ0v) is 8.00. The van der Waals surface area contributed by atoms with Crippen molar-refractivity contribution in [2.24, 2.45) is 0 Å². The van der Waals surface area contributed by atoms with Gasteiger partial charge in [-0.05, 0) is 7.05 Å². The molecule has 44 valence electrons. The Morgan fingerprint density at radius 2 is 1.86 bits per heavy atom. The third kappa shape index (κ3) is 3.11. The van der Waals surface area contributed by atoms with E-state index in [0.29, 0.717) is 4.40 Å². The molecule has 0 saturated heterocycles. The van der Waals surface area contributed by atoms with Crippen molar-refractivity contribution in [3.8, 4) is 0 Å². The summed E-state index contributed by atoms with van der Waals surface area (Å²) in [5.41, 5.74) is 0. The summed E-state index contributed by atoms with van der Waals surface area (Å²) >= 11 is -0.291. The second kappa shape index (κ2) is 2.72. The first-order valence-corrected chi connectivity index (χ1v) is 6.25. The molecule has 0 aromatic rings. The zero-order valence-electron chi connectivity index (χ0n) is 6.00. The minimum atomic E-state index is -0.291. The maximum atomic E-state index is 3.28. The Bertz CT molecular complexity index is 46.0. The third-order valence-corrected chi connectivity index (χ3v) is 5.00. The van der Waals surface area contributed by atoms with Gasteiger partial charge in [-0.2, -0.15) is 0 Å². The summed E-state index contributed by atoms with van der Waals surface area (Å²) in [6.07, 6.45) is 0. The van der Waals surface area contributed by atoms with E-state index in [-0.39, 0.29) is 15.2 Å². The number of hydrogen-bond donors (Lipinski definition) is 1. The van der Waals surface area contributed by atoms with E-state index in [1.807, 2.05) is 7.05 Å². The molecule has 0 aliphatic rings. The summed E-state index contributed by atoms with van der Waals surface area (Å²) in [4.78, 5) is 0. The molecule has 0 saturated carbocycles. The highest BCUT2D eigenvalue weighted by molar-refractivity contribution is 6.37. The molecule has 0 aliphatic carbocycles. The average Bonchev–Trinajstić information content (AvgIpc) is 1.68. The quantitative estimate of drug-likeness (QED) is 0.507. The second-order valence-corrected chi connectivity index (χ2v) is 6.50. The van der Waals surface area contributed by atoms with Gasteiger partial charge in [-0.1, -0.05) is 13.8 Å². The van der Waals surface area contributed by atoms with Crippen LogP contribution in [0.15, 0.2) is 0 Å². The van der Waals surface area contributed by atoms with Crippen LogP contribution in [0.2, 0.25) is 5.79 Å². The van der Waals surface area contributed by atoms with Crippen molar-refractivity contribution >= 4 is 15.2 Å². The van der Waals surface area contributed by atoms with Gasteiger partial charge in [0.25, 0.3) is 0 Å². The van der Waals surface area contributed by atoms with Crippen LogP contribution in [0.5, 0.6) is 0 Å². The molecular weight excluding hydrogens is 101 g/mol. The van der Waals surface area contributed by atoms with Gasteiger partial charge >= 0.3 is 0 Å². The summed E-state index contributed by atoms with van der Waals surface area (Å²) < 4.78 is 0.528. The molecule has 0 amide bonds. The topological polar surface area (TPSA) is 12.0 Å². The molecule has 0 bridgehead atoms. The highest BCUT2D eigenvalue weighted by Gasteiger charge is 2.03. The van der Waals surface area contributed by atoms with Crippen LogP contribution in [-0.2, 0) is 0 Å². The van der Waals surface area contributed by atoms with E-state index < -0.39 is 0 Å². The van der Waals surface area contributed by atoms with Crippen molar-refractivity contribution in [3.05, 3.63) is 0 Å². The normalized spacial score (nSPS) is 13.7. The molecule has 0 rings (SSSR count). The van der Waals surface area contributed by atoms with E-state index in [1.54, 1.807) is 0 Å². The molecule has 0 spiro atoms. The van der Waals surface area contributed by atoms with Gasteiger partial charge in [-0.3, -0.25) is 0 Å². The van der Waals surface area contributed by atoms with Crippen molar-refractivity contribution in [2.45, 2.75) is 24.0 Å². The Balaban J connectivity index is 3.36. The largest absolute Gasteiger partial charge is 0.355 e. The summed E-state index contributed by atoms with van der Waals surface area (Å²) in [6.45, 7) is 4.55. The molecule has 7 heavy (non-hydrogen) atoms.